The van der Waals surface area contributed by atoms with Crippen LogP contribution in [0.4, 0.5) is 5.69 Å². The fourth-order valence-electron chi connectivity index (χ4n) is 3.33. The molecule has 1 aliphatic heterocycles. The summed E-state index contributed by atoms with van der Waals surface area (Å²) in [6.45, 7) is -0.535. The van der Waals surface area contributed by atoms with E-state index in [0.717, 1.165) is 0 Å². The van der Waals surface area contributed by atoms with E-state index < -0.39 is 42.9 Å². The van der Waals surface area contributed by atoms with Gasteiger partial charge in [-0.05, 0) is 30.3 Å². The van der Waals surface area contributed by atoms with E-state index in [4.69, 9.17) is 14.3 Å². The van der Waals surface area contributed by atoms with Gasteiger partial charge in [-0.1, -0.05) is 0 Å². The van der Waals surface area contributed by atoms with Crippen LogP contribution in [0, 0.1) is 0 Å². The summed E-state index contributed by atoms with van der Waals surface area (Å²) in [7, 11) is 0. The number of hydrogen-bond acceptors (Lipinski definition) is 8. The van der Waals surface area contributed by atoms with Crippen molar-refractivity contribution in [2.45, 2.75) is 30.6 Å². The van der Waals surface area contributed by atoms with Crippen LogP contribution in [0.3, 0.4) is 0 Å². The first kappa shape index (κ1) is 18.7. The summed E-state index contributed by atoms with van der Waals surface area (Å²) in [5, 5.41) is 43.0. The normalized spacial score (nSPS) is 27.8. The first-order chi connectivity index (χ1) is 13.5. The van der Waals surface area contributed by atoms with Gasteiger partial charge in [-0.2, -0.15) is 0 Å². The van der Waals surface area contributed by atoms with Crippen LogP contribution >= 0.6 is 0 Å². The van der Waals surface area contributed by atoms with Gasteiger partial charge < -0.3 is 39.9 Å². The van der Waals surface area contributed by atoms with Crippen LogP contribution < -0.4 is 10.9 Å². The molecule has 3 aromatic rings. The zero-order valence-corrected chi connectivity index (χ0v) is 14.6. The van der Waals surface area contributed by atoms with Crippen molar-refractivity contribution >= 4 is 16.7 Å². The van der Waals surface area contributed by atoms with Crippen LogP contribution in [0.25, 0.3) is 22.2 Å². The number of ether oxygens (including phenoxy) is 1. The number of aromatic amines is 1. The Kier molecular flexibility index (Phi) is 4.92. The smallest absolute Gasteiger partial charge is 0.345 e. The molecule has 3 heterocycles. The third-order valence-electron chi connectivity index (χ3n) is 4.86. The van der Waals surface area contributed by atoms with Crippen LogP contribution in [0.15, 0.2) is 51.8 Å². The Hall–Kier alpha value is -2.69. The molecule has 0 amide bonds. The number of rotatable bonds is 4. The van der Waals surface area contributed by atoms with Crippen molar-refractivity contribution in [1.29, 1.82) is 0 Å². The van der Waals surface area contributed by atoms with Crippen LogP contribution in [0.2, 0.25) is 0 Å². The maximum absolute atomic E-state index is 12.3. The van der Waals surface area contributed by atoms with Gasteiger partial charge in [0.15, 0.2) is 6.29 Å². The summed E-state index contributed by atoms with van der Waals surface area (Å²) in [5.74, 6) is 0. The van der Waals surface area contributed by atoms with E-state index in [2.05, 4.69) is 10.3 Å². The highest BCUT2D eigenvalue weighted by Gasteiger charge is 2.43. The Balaban J connectivity index is 1.62. The van der Waals surface area contributed by atoms with Gasteiger partial charge in [0.25, 0.3) is 0 Å². The highest BCUT2D eigenvalue weighted by Crippen LogP contribution is 2.26. The Morgan fingerprint density at radius 2 is 1.93 bits per heavy atom. The van der Waals surface area contributed by atoms with Crippen LogP contribution in [0.5, 0.6) is 0 Å². The lowest BCUT2D eigenvalue weighted by Gasteiger charge is -2.40. The highest BCUT2D eigenvalue weighted by molar-refractivity contribution is 5.83. The summed E-state index contributed by atoms with van der Waals surface area (Å²) in [5.41, 5.74) is 1.32. The molecule has 1 aromatic carbocycles. The van der Waals surface area contributed by atoms with E-state index in [-0.39, 0.29) is 0 Å². The molecule has 9 nitrogen and oxygen atoms in total. The molecule has 0 aliphatic carbocycles. The van der Waals surface area contributed by atoms with Gasteiger partial charge in [-0.25, -0.2) is 4.79 Å². The first-order valence-corrected chi connectivity index (χ1v) is 8.76. The van der Waals surface area contributed by atoms with Gasteiger partial charge in [0.1, 0.15) is 29.9 Å². The molecular weight excluding hydrogens is 368 g/mol. The number of fused-ring (bicyclic) bond motifs is 1. The number of aliphatic hydroxyl groups is 4. The molecule has 1 aliphatic rings. The lowest BCUT2D eigenvalue weighted by molar-refractivity contribution is -0.245. The fraction of sp³-hybridized carbons (Fsp3) is 0.316. The Morgan fingerprint density at radius 3 is 2.64 bits per heavy atom. The molecule has 0 spiro atoms. The van der Waals surface area contributed by atoms with Gasteiger partial charge in [0, 0.05) is 23.3 Å². The average Bonchev–Trinajstić information content (AvgIpc) is 3.22. The molecule has 28 heavy (non-hydrogen) atoms. The summed E-state index contributed by atoms with van der Waals surface area (Å²) >= 11 is 0. The lowest BCUT2D eigenvalue weighted by Crippen LogP contribution is -2.61. The van der Waals surface area contributed by atoms with Gasteiger partial charge in [0.2, 0.25) is 0 Å². The predicted octanol–water partition coefficient (Wildman–Crippen LogP) is -0.000100. The average molecular weight is 388 g/mol. The molecule has 1 saturated heterocycles. The third-order valence-corrected chi connectivity index (χ3v) is 4.86. The molecule has 1 fully saturated rings. The maximum Gasteiger partial charge on any atom is 0.345 e. The molecule has 5 atom stereocenters. The zero-order valence-electron chi connectivity index (χ0n) is 14.6. The molecule has 0 radical (unpaired) electrons. The van der Waals surface area contributed by atoms with Crippen LogP contribution in [-0.4, -0.2) is 62.7 Å². The summed E-state index contributed by atoms with van der Waals surface area (Å²) < 4.78 is 10.5. The minimum atomic E-state index is -1.45. The second-order valence-electron chi connectivity index (χ2n) is 6.68. The Labute approximate surface area is 158 Å². The summed E-state index contributed by atoms with van der Waals surface area (Å²) in [4.78, 5) is 15.2. The quantitative estimate of drug-likeness (QED) is 0.342. The molecule has 4 rings (SSSR count). The van der Waals surface area contributed by atoms with E-state index in [9.17, 15) is 20.1 Å². The van der Waals surface area contributed by atoms with E-state index in [1.165, 1.54) is 0 Å². The number of H-pyrrole nitrogens is 1. The molecule has 148 valence electrons. The number of nitrogens with one attached hydrogen (secondary N) is 2. The largest absolute Gasteiger partial charge is 0.422 e. The standard InChI is InChI=1S/C19H20N2O7/c22-8-14-16(23)17(24)15(19(26)28-14)21-10-4-3-9-6-11(12-2-1-5-20-12)18(25)27-13(9)7-10/h1-7,14-17,19-24,26H,8H2/t14?,15-,16+,17?,19?/m0/s1. The summed E-state index contributed by atoms with van der Waals surface area (Å²) in [6.07, 6.45) is -3.56. The SMILES string of the molecule is O=c1oc2cc(N[C@@H]3C(O)OC(CO)[C@@H](O)C3O)ccc2cc1-c1ccc[nH]1. The summed E-state index contributed by atoms with van der Waals surface area (Å²) in [6, 6.07) is 9.18. The van der Waals surface area contributed by atoms with Crippen molar-refractivity contribution < 1.29 is 29.6 Å². The topological polar surface area (TPSA) is 148 Å². The number of aromatic nitrogens is 1. The van der Waals surface area contributed by atoms with E-state index in [1.54, 1.807) is 42.6 Å². The second kappa shape index (κ2) is 7.38. The van der Waals surface area contributed by atoms with Crippen LogP contribution in [0.1, 0.15) is 0 Å². The monoisotopic (exact) mass is 388 g/mol. The van der Waals surface area contributed by atoms with Gasteiger partial charge in [-0.3, -0.25) is 0 Å². The molecule has 2 aromatic heterocycles. The van der Waals surface area contributed by atoms with Crippen molar-refractivity contribution in [1.82, 2.24) is 4.98 Å². The van der Waals surface area contributed by atoms with Crippen molar-refractivity contribution in [3.8, 4) is 11.3 Å². The molecule has 9 heteroatoms. The first-order valence-electron chi connectivity index (χ1n) is 8.76. The fourth-order valence-corrected chi connectivity index (χ4v) is 3.33. The van der Waals surface area contributed by atoms with Gasteiger partial charge in [0.05, 0.1) is 17.9 Å². The van der Waals surface area contributed by atoms with Crippen molar-refractivity contribution in [3.63, 3.8) is 0 Å². The predicted molar refractivity (Wildman–Crippen MR) is 99.7 cm³/mol. The molecule has 0 bridgehead atoms. The Bertz CT molecular complexity index is 1020. The zero-order chi connectivity index (χ0) is 19.8. The van der Waals surface area contributed by atoms with Crippen molar-refractivity contribution in [3.05, 3.63) is 53.0 Å². The highest BCUT2D eigenvalue weighted by atomic mass is 16.6. The number of aliphatic hydroxyl groups excluding tert-OH is 4. The van der Waals surface area contributed by atoms with Crippen LogP contribution in [-0.2, 0) is 4.74 Å². The second-order valence-corrected chi connectivity index (χ2v) is 6.68. The van der Waals surface area contributed by atoms with E-state index >= 15 is 0 Å². The van der Waals surface area contributed by atoms with Crippen molar-refractivity contribution in [2.24, 2.45) is 0 Å². The number of anilines is 1. The Morgan fingerprint density at radius 1 is 1.11 bits per heavy atom. The molecule has 6 N–H and O–H groups in total. The van der Waals surface area contributed by atoms with Gasteiger partial charge in [-0.15, -0.1) is 0 Å². The van der Waals surface area contributed by atoms with Gasteiger partial charge >= 0.3 is 5.63 Å². The maximum atomic E-state index is 12.3. The number of benzene rings is 1. The van der Waals surface area contributed by atoms with E-state index in [0.29, 0.717) is 27.9 Å². The molecule has 0 saturated carbocycles. The lowest BCUT2D eigenvalue weighted by atomic mass is 9.97. The minimum Gasteiger partial charge on any atom is -0.422 e. The third kappa shape index (κ3) is 3.30. The molecular formula is C19H20N2O7. The minimum absolute atomic E-state index is 0.319. The molecule has 3 unspecified atom stereocenters. The number of hydrogen-bond donors (Lipinski definition) is 6. The van der Waals surface area contributed by atoms with E-state index in [1.807, 2.05) is 0 Å². The van der Waals surface area contributed by atoms with Crippen molar-refractivity contribution in [2.75, 3.05) is 11.9 Å².